The van der Waals surface area contributed by atoms with Crippen molar-refractivity contribution < 1.29 is 13.6 Å². The van der Waals surface area contributed by atoms with Gasteiger partial charge in [0.1, 0.15) is 0 Å². The Morgan fingerprint density at radius 1 is 1.06 bits per heavy atom. The third kappa shape index (κ3) is 4.29. The molecule has 0 radical (unpaired) electrons. The third-order valence-electron chi connectivity index (χ3n) is 5.49. The van der Waals surface area contributed by atoms with E-state index in [1.807, 2.05) is 24.3 Å². The number of pyridine rings is 2. The molecule has 6 nitrogen and oxygen atoms in total. The summed E-state index contributed by atoms with van der Waals surface area (Å²) < 4.78 is 28.0. The van der Waals surface area contributed by atoms with E-state index < -0.39 is 17.2 Å². The predicted octanol–water partition coefficient (Wildman–Crippen LogP) is 4.99. The van der Waals surface area contributed by atoms with Crippen LogP contribution in [0.15, 0.2) is 71.8 Å². The van der Waals surface area contributed by atoms with Crippen molar-refractivity contribution >= 4 is 28.2 Å². The number of nitrogens with zero attached hydrogens (tertiary/aromatic N) is 3. The van der Waals surface area contributed by atoms with Gasteiger partial charge in [-0.05, 0) is 60.5 Å². The third-order valence-corrected chi connectivity index (χ3v) is 6.66. The van der Waals surface area contributed by atoms with Gasteiger partial charge in [-0.1, -0.05) is 6.07 Å². The van der Waals surface area contributed by atoms with Gasteiger partial charge in [0.2, 0.25) is 0 Å². The molecule has 0 saturated carbocycles. The summed E-state index contributed by atoms with van der Waals surface area (Å²) in [6, 6.07) is 14.3. The number of halogens is 2. The molecule has 34 heavy (non-hydrogen) atoms. The van der Waals surface area contributed by atoms with Gasteiger partial charge in [-0.25, -0.2) is 13.8 Å². The van der Waals surface area contributed by atoms with E-state index in [1.165, 1.54) is 22.9 Å². The molecule has 9 heteroatoms. The van der Waals surface area contributed by atoms with Gasteiger partial charge in [-0.15, -0.1) is 11.3 Å². The van der Waals surface area contributed by atoms with Crippen molar-refractivity contribution in [2.24, 2.45) is 0 Å². The fourth-order valence-corrected chi connectivity index (χ4v) is 4.78. The summed E-state index contributed by atoms with van der Waals surface area (Å²) in [6.45, 7) is 0.0401. The van der Waals surface area contributed by atoms with Gasteiger partial charge in [0.15, 0.2) is 23.1 Å². The largest absolute Gasteiger partial charge is 0.310 e. The number of aryl methyl sites for hydroxylation is 1. The quantitative estimate of drug-likeness (QED) is 0.336. The Balaban J connectivity index is 1.29. The molecule has 0 fully saturated rings. The van der Waals surface area contributed by atoms with Gasteiger partial charge in [-0.3, -0.25) is 14.7 Å². The average molecular weight is 477 g/mol. The van der Waals surface area contributed by atoms with Crippen molar-refractivity contribution in [2.75, 3.05) is 0 Å². The zero-order chi connectivity index (χ0) is 23.7. The summed E-state index contributed by atoms with van der Waals surface area (Å²) in [5, 5.41) is 8.16. The summed E-state index contributed by atoms with van der Waals surface area (Å²) in [6.07, 6.45) is 3.88. The Morgan fingerprint density at radius 3 is 2.79 bits per heavy atom. The van der Waals surface area contributed by atoms with Crippen molar-refractivity contribution in [1.29, 1.82) is 0 Å². The van der Waals surface area contributed by atoms with Gasteiger partial charge in [0.05, 0.1) is 22.7 Å². The second-order valence-electron chi connectivity index (χ2n) is 7.77. The number of Topliss-reactive ketones (excluding diaryl/α,β-unsaturated/α-hetero) is 1. The number of fused-ring (bicyclic) bond motifs is 1. The van der Waals surface area contributed by atoms with Crippen LogP contribution in [0.5, 0.6) is 0 Å². The molecule has 170 valence electrons. The number of hydrogen-bond acceptors (Lipinski definition) is 5. The zero-order valence-electron chi connectivity index (χ0n) is 17.8. The highest BCUT2D eigenvalue weighted by molar-refractivity contribution is 7.15. The molecule has 1 N–H and O–H groups in total. The molecule has 5 aromatic rings. The number of carbonyl (C=O) groups is 1. The summed E-state index contributed by atoms with van der Waals surface area (Å²) in [4.78, 5) is 31.9. The highest BCUT2D eigenvalue weighted by Gasteiger charge is 2.15. The fraction of sp³-hybridized carbons (Fsp3) is 0.120. The van der Waals surface area contributed by atoms with Crippen LogP contribution < -0.4 is 5.56 Å². The van der Waals surface area contributed by atoms with Crippen LogP contribution in [0, 0.1) is 11.6 Å². The number of aromatic nitrogens is 4. The number of rotatable bonds is 7. The van der Waals surface area contributed by atoms with E-state index in [9.17, 15) is 18.4 Å². The molecule has 0 aliphatic rings. The van der Waals surface area contributed by atoms with Gasteiger partial charge in [0, 0.05) is 29.1 Å². The van der Waals surface area contributed by atoms with Gasteiger partial charge >= 0.3 is 0 Å². The smallest absolute Gasteiger partial charge is 0.261 e. The summed E-state index contributed by atoms with van der Waals surface area (Å²) in [7, 11) is 0. The van der Waals surface area contributed by atoms with Crippen molar-refractivity contribution in [2.45, 2.75) is 19.4 Å². The second kappa shape index (κ2) is 9.11. The molecule has 0 bridgehead atoms. The summed E-state index contributed by atoms with van der Waals surface area (Å²) >= 11 is 1.55. The van der Waals surface area contributed by atoms with Crippen LogP contribution in [0.3, 0.4) is 0 Å². The maximum atomic E-state index is 13.5. The lowest BCUT2D eigenvalue weighted by atomic mass is 10.1. The van der Waals surface area contributed by atoms with Crippen molar-refractivity contribution in [3.05, 3.63) is 105 Å². The van der Waals surface area contributed by atoms with Gasteiger partial charge < -0.3 is 4.57 Å². The molecular formula is C25H18F2N4O2S. The predicted molar refractivity (Wildman–Crippen MR) is 126 cm³/mol. The Morgan fingerprint density at radius 2 is 1.94 bits per heavy atom. The summed E-state index contributed by atoms with van der Waals surface area (Å²) in [5.41, 5.74) is 1.58. The molecule has 0 unspecified atom stereocenters. The van der Waals surface area contributed by atoms with Crippen molar-refractivity contribution in [3.63, 3.8) is 0 Å². The van der Waals surface area contributed by atoms with E-state index in [-0.39, 0.29) is 24.3 Å². The molecule has 1 aromatic carbocycles. The molecular weight excluding hydrogens is 458 g/mol. The van der Waals surface area contributed by atoms with E-state index >= 15 is 0 Å². The van der Waals surface area contributed by atoms with Crippen LogP contribution in [0.2, 0.25) is 0 Å². The number of nitrogens with one attached hydrogen (secondary N) is 1. The molecule has 4 heterocycles. The number of carbonyl (C=O) groups excluding carboxylic acids is 1. The highest BCUT2D eigenvalue weighted by Crippen LogP contribution is 2.31. The number of aromatic amines is 1. The first-order chi connectivity index (χ1) is 16.5. The normalized spacial score (nSPS) is 11.2. The lowest BCUT2D eigenvalue weighted by Gasteiger charge is -2.08. The second-order valence-corrected chi connectivity index (χ2v) is 8.93. The number of H-pyrrole nitrogens is 1. The van der Waals surface area contributed by atoms with Crippen LogP contribution in [-0.2, 0) is 13.0 Å². The van der Waals surface area contributed by atoms with E-state index in [1.54, 1.807) is 23.6 Å². The van der Waals surface area contributed by atoms with Crippen LogP contribution >= 0.6 is 11.3 Å². The Labute approximate surface area is 196 Å². The molecule has 0 saturated heterocycles. The number of hydrogen-bond donors (Lipinski definition) is 1. The molecule has 4 aromatic heterocycles. The number of ketones is 1. The number of thiophene rings is 1. The minimum Gasteiger partial charge on any atom is -0.310 e. The fourth-order valence-electron chi connectivity index (χ4n) is 3.76. The minimum atomic E-state index is -0.979. The molecule has 5 rings (SSSR count). The first-order valence-electron chi connectivity index (χ1n) is 10.5. The molecule has 0 aliphatic heterocycles. The topological polar surface area (TPSA) is 80.6 Å². The molecule has 0 aliphatic carbocycles. The van der Waals surface area contributed by atoms with E-state index in [4.69, 9.17) is 0 Å². The van der Waals surface area contributed by atoms with E-state index in [0.717, 1.165) is 33.0 Å². The summed E-state index contributed by atoms with van der Waals surface area (Å²) in [5.74, 6) is -2.20. The molecule has 0 amide bonds. The van der Waals surface area contributed by atoms with Gasteiger partial charge in [0.25, 0.3) is 5.56 Å². The van der Waals surface area contributed by atoms with Crippen LogP contribution in [0.25, 0.3) is 21.6 Å². The first-order valence-corrected chi connectivity index (χ1v) is 11.4. The molecule has 0 atom stereocenters. The number of benzene rings is 1. The maximum Gasteiger partial charge on any atom is 0.261 e. The maximum absolute atomic E-state index is 13.5. The Kier molecular flexibility index (Phi) is 5.85. The zero-order valence-corrected chi connectivity index (χ0v) is 18.6. The SMILES string of the molecule is O=C(CCc1ccc(-c2[nH]nc3ncccc23)s1)c1cccn(Cc2ccc(F)c(F)c2)c1=O. The average Bonchev–Trinajstić information content (AvgIpc) is 3.48. The molecule has 0 spiro atoms. The van der Waals surface area contributed by atoms with Crippen LogP contribution in [0.1, 0.15) is 27.2 Å². The Bertz CT molecular complexity index is 1570. The first kappa shape index (κ1) is 21.8. The minimum absolute atomic E-state index is 0.0401. The van der Waals surface area contributed by atoms with Gasteiger partial charge in [-0.2, -0.15) is 5.10 Å². The lowest BCUT2D eigenvalue weighted by molar-refractivity contribution is 0.0981. The van der Waals surface area contributed by atoms with Crippen LogP contribution in [-0.4, -0.2) is 25.5 Å². The Hall–Kier alpha value is -3.98. The standard InChI is InChI=1S/C25H18F2N4O2S/c26-19-8-5-15(13-20(19)27)14-31-12-2-4-17(25(31)33)21(32)9-6-16-7-10-22(34-16)23-18-3-1-11-28-24(18)30-29-23/h1-5,7-8,10-13H,6,9,14H2,(H,28,29,30). The van der Waals surface area contributed by atoms with Crippen LogP contribution in [0.4, 0.5) is 8.78 Å². The lowest BCUT2D eigenvalue weighted by Crippen LogP contribution is -2.26. The monoisotopic (exact) mass is 476 g/mol. The van der Waals surface area contributed by atoms with Crippen molar-refractivity contribution in [1.82, 2.24) is 19.7 Å². The van der Waals surface area contributed by atoms with E-state index in [2.05, 4.69) is 15.2 Å². The van der Waals surface area contributed by atoms with Crippen molar-refractivity contribution in [3.8, 4) is 10.6 Å². The van der Waals surface area contributed by atoms with E-state index in [0.29, 0.717) is 17.6 Å². The highest BCUT2D eigenvalue weighted by atomic mass is 32.1.